The highest BCUT2D eigenvalue weighted by atomic mass is 32.2. The SMILES string of the molecule is O=S(=O)(Nc1ccccc1Cc1nc(-c2cccs2)no1)c1ccc(-c2ccccc2)cc1. The Labute approximate surface area is 195 Å². The van der Waals surface area contributed by atoms with E-state index >= 15 is 0 Å². The molecule has 0 amide bonds. The van der Waals surface area contributed by atoms with Crippen LogP contribution < -0.4 is 4.72 Å². The smallest absolute Gasteiger partial charge is 0.261 e. The zero-order valence-corrected chi connectivity index (χ0v) is 19.0. The van der Waals surface area contributed by atoms with E-state index in [1.807, 2.05) is 60.0 Å². The Hall–Kier alpha value is -3.75. The van der Waals surface area contributed by atoms with Gasteiger partial charge in [0.05, 0.1) is 21.9 Å². The molecule has 0 aliphatic rings. The van der Waals surface area contributed by atoms with E-state index in [1.54, 1.807) is 36.4 Å². The van der Waals surface area contributed by atoms with E-state index in [-0.39, 0.29) is 4.90 Å². The summed E-state index contributed by atoms with van der Waals surface area (Å²) in [4.78, 5) is 5.54. The van der Waals surface area contributed by atoms with Crippen LogP contribution in [0.25, 0.3) is 21.8 Å². The van der Waals surface area contributed by atoms with Crippen LogP contribution in [-0.4, -0.2) is 18.6 Å². The summed E-state index contributed by atoms with van der Waals surface area (Å²) in [5.41, 5.74) is 3.19. The van der Waals surface area contributed by atoms with Gasteiger partial charge in [0, 0.05) is 0 Å². The van der Waals surface area contributed by atoms with Crippen LogP contribution in [0, 0.1) is 0 Å². The van der Waals surface area contributed by atoms with Crippen LogP contribution in [-0.2, 0) is 16.4 Å². The molecule has 0 aliphatic carbocycles. The molecule has 8 heteroatoms. The fraction of sp³-hybridized carbons (Fsp3) is 0.0400. The quantitative estimate of drug-likeness (QED) is 0.320. The minimum absolute atomic E-state index is 0.190. The first-order valence-corrected chi connectivity index (χ1v) is 12.6. The molecule has 0 fully saturated rings. The molecule has 0 unspecified atom stereocenters. The monoisotopic (exact) mass is 473 g/mol. The maximum Gasteiger partial charge on any atom is 0.261 e. The number of sulfonamides is 1. The molecule has 0 aliphatic heterocycles. The fourth-order valence-corrected chi connectivity index (χ4v) is 5.18. The molecular weight excluding hydrogens is 454 g/mol. The highest BCUT2D eigenvalue weighted by Crippen LogP contribution is 2.26. The van der Waals surface area contributed by atoms with Crippen molar-refractivity contribution in [2.75, 3.05) is 4.72 Å². The van der Waals surface area contributed by atoms with Gasteiger partial charge in [-0.3, -0.25) is 4.72 Å². The van der Waals surface area contributed by atoms with E-state index in [1.165, 1.54) is 11.3 Å². The molecular formula is C25H19N3O3S2. The number of anilines is 1. The van der Waals surface area contributed by atoms with Crippen LogP contribution >= 0.6 is 11.3 Å². The van der Waals surface area contributed by atoms with Gasteiger partial charge in [-0.1, -0.05) is 71.9 Å². The molecule has 2 aromatic heterocycles. The van der Waals surface area contributed by atoms with E-state index in [0.717, 1.165) is 21.6 Å². The van der Waals surface area contributed by atoms with Gasteiger partial charge in [-0.05, 0) is 46.3 Å². The molecule has 164 valence electrons. The molecule has 3 aromatic carbocycles. The summed E-state index contributed by atoms with van der Waals surface area (Å²) in [6, 6.07) is 27.7. The Kier molecular flexibility index (Phi) is 5.77. The second-order valence-electron chi connectivity index (χ2n) is 7.32. The predicted octanol–water partition coefficient (Wildman–Crippen LogP) is 5.86. The lowest BCUT2D eigenvalue weighted by Gasteiger charge is -2.12. The summed E-state index contributed by atoms with van der Waals surface area (Å²) in [5.74, 6) is 0.939. The number of nitrogens with one attached hydrogen (secondary N) is 1. The van der Waals surface area contributed by atoms with Crippen molar-refractivity contribution in [1.82, 2.24) is 10.1 Å². The molecule has 5 rings (SSSR count). The first-order valence-electron chi connectivity index (χ1n) is 10.2. The molecule has 2 heterocycles. The zero-order chi connectivity index (χ0) is 22.7. The number of benzene rings is 3. The van der Waals surface area contributed by atoms with Gasteiger partial charge < -0.3 is 4.52 Å². The average molecular weight is 474 g/mol. The molecule has 0 atom stereocenters. The van der Waals surface area contributed by atoms with Crippen LogP contribution in [0.3, 0.4) is 0 Å². The van der Waals surface area contributed by atoms with E-state index in [4.69, 9.17) is 4.52 Å². The van der Waals surface area contributed by atoms with Gasteiger partial charge in [-0.2, -0.15) is 4.98 Å². The van der Waals surface area contributed by atoms with Crippen molar-refractivity contribution in [3.63, 3.8) is 0 Å². The van der Waals surface area contributed by atoms with Gasteiger partial charge in [0.25, 0.3) is 10.0 Å². The number of para-hydroxylation sites is 1. The number of hydrogen-bond acceptors (Lipinski definition) is 6. The lowest BCUT2D eigenvalue weighted by molar-refractivity contribution is 0.386. The second kappa shape index (κ2) is 9.01. The predicted molar refractivity (Wildman–Crippen MR) is 130 cm³/mol. The third-order valence-electron chi connectivity index (χ3n) is 5.08. The summed E-state index contributed by atoms with van der Waals surface area (Å²) in [7, 11) is -3.77. The van der Waals surface area contributed by atoms with E-state index in [2.05, 4.69) is 14.9 Å². The van der Waals surface area contributed by atoms with Crippen LogP contribution in [0.15, 0.2) is 106 Å². The Bertz CT molecular complexity index is 1460. The molecule has 0 bridgehead atoms. The number of nitrogens with zero attached hydrogens (tertiary/aromatic N) is 2. The van der Waals surface area contributed by atoms with Crippen molar-refractivity contribution in [2.45, 2.75) is 11.3 Å². The molecule has 1 N–H and O–H groups in total. The number of aromatic nitrogens is 2. The summed E-state index contributed by atoms with van der Waals surface area (Å²) < 4.78 is 34.2. The standard InChI is InChI=1S/C25H19N3O3S2/c29-33(30,21-14-12-19(13-15-21)18-7-2-1-3-8-18)28-22-10-5-4-9-20(22)17-24-26-25(27-31-24)23-11-6-16-32-23/h1-16,28H,17H2. The molecule has 0 saturated heterocycles. The number of thiophene rings is 1. The molecule has 33 heavy (non-hydrogen) atoms. The number of rotatable bonds is 7. The van der Waals surface area contributed by atoms with Crippen LogP contribution in [0.2, 0.25) is 0 Å². The highest BCUT2D eigenvalue weighted by Gasteiger charge is 2.18. The highest BCUT2D eigenvalue weighted by molar-refractivity contribution is 7.92. The third-order valence-corrected chi connectivity index (χ3v) is 7.33. The van der Waals surface area contributed by atoms with Crippen molar-refractivity contribution in [1.29, 1.82) is 0 Å². The van der Waals surface area contributed by atoms with E-state index in [9.17, 15) is 8.42 Å². The average Bonchev–Trinajstić information content (AvgIpc) is 3.53. The van der Waals surface area contributed by atoms with Gasteiger partial charge in [-0.15, -0.1) is 11.3 Å². The van der Waals surface area contributed by atoms with Crippen molar-refractivity contribution >= 4 is 27.0 Å². The molecule has 0 saturated carbocycles. The maximum absolute atomic E-state index is 13.1. The zero-order valence-electron chi connectivity index (χ0n) is 17.4. The van der Waals surface area contributed by atoms with Gasteiger partial charge >= 0.3 is 0 Å². The maximum atomic E-state index is 13.1. The molecule has 6 nitrogen and oxygen atoms in total. The summed E-state index contributed by atoms with van der Waals surface area (Å²) in [6.45, 7) is 0. The van der Waals surface area contributed by atoms with Crippen molar-refractivity contribution in [3.05, 3.63) is 108 Å². The second-order valence-corrected chi connectivity index (χ2v) is 9.95. The first-order chi connectivity index (χ1) is 16.1. The lowest BCUT2D eigenvalue weighted by Crippen LogP contribution is -2.14. The van der Waals surface area contributed by atoms with Crippen LogP contribution in [0.1, 0.15) is 11.5 Å². The van der Waals surface area contributed by atoms with Gasteiger partial charge in [0.2, 0.25) is 11.7 Å². The first kappa shape index (κ1) is 21.1. The summed E-state index contributed by atoms with van der Waals surface area (Å²) in [6.07, 6.45) is 0.310. The van der Waals surface area contributed by atoms with Gasteiger partial charge in [0.15, 0.2) is 0 Å². The van der Waals surface area contributed by atoms with Crippen molar-refractivity contribution in [3.8, 4) is 21.8 Å². The Balaban J connectivity index is 1.36. The minimum Gasteiger partial charge on any atom is -0.339 e. The third kappa shape index (κ3) is 4.72. The topological polar surface area (TPSA) is 85.1 Å². The Morgan fingerprint density at radius 3 is 2.30 bits per heavy atom. The normalized spacial score (nSPS) is 11.4. The summed E-state index contributed by atoms with van der Waals surface area (Å²) >= 11 is 1.53. The minimum atomic E-state index is -3.77. The van der Waals surface area contributed by atoms with Gasteiger partial charge in [-0.25, -0.2) is 8.42 Å². The van der Waals surface area contributed by atoms with Crippen LogP contribution in [0.4, 0.5) is 5.69 Å². The van der Waals surface area contributed by atoms with E-state index < -0.39 is 10.0 Å². The van der Waals surface area contributed by atoms with Gasteiger partial charge in [0.1, 0.15) is 0 Å². The molecule has 0 radical (unpaired) electrons. The summed E-state index contributed by atoms with van der Waals surface area (Å²) in [5, 5.41) is 5.97. The van der Waals surface area contributed by atoms with Crippen molar-refractivity contribution in [2.24, 2.45) is 0 Å². The largest absolute Gasteiger partial charge is 0.339 e. The fourth-order valence-electron chi connectivity index (χ4n) is 3.43. The van der Waals surface area contributed by atoms with E-state index in [0.29, 0.717) is 23.8 Å². The number of hydrogen-bond donors (Lipinski definition) is 1. The van der Waals surface area contributed by atoms with Crippen LogP contribution in [0.5, 0.6) is 0 Å². The van der Waals surface area contributed by atoms with Crippen molar-refractivity contribution < 1.29 is 12.9 Å². The lowest BCUT2D eigenvalue weighted by atomic mass is 10.1. The molecule has 0 spiro atoms. The Morgan fingerprint density at radius 1 is 0.818 bits per heavy atom. The Morgan fingerprint density at radius 2 is 1.55 bits per heavy atom. The molecule has 5 aromatic rings.